The number of hydrogen-bond acceptors (Lipinski definition) is 3. The fraction of sp³-hybridized carbons (Fsp3) is 0.353. The van der Waals surface area contributed by atoms with Crippen molar-refractivity contribution in [3.8, 4) is 0 Å². The molecular formula is C17H20O3. The number of esters is 1. The molecule has 0 aliphatic carbocycles. The Hall–Kier alpha value is -1.87. The number of rotatable bonds is 6. The van der Waals surface area contributed by atoms with E-state index in [4.69, 9.17) is 4.74 Å². The van der Waals surface area contributed by atoms with E-state index >= 15 is 0 Å². The normalized spacial score (nSPS) is 20.1. The lowest BCUT2D eigenvalue weighted by molar-refractivity contribution is -0.146. The standard InChI is InChI=1S/C17H20O3/c18-15(13-12-14-6-2-1-3-7-14)8-4-9-16-10-5-11-17(19)20-16/h1-8,10,15-16,18H,9,11-13H2/b8-4+. The van der Waals surface area contributed by atoms with Crippen LogP contribution in [-0.4, -0.2) is 23.3 Å². The highest BCUT2D eigenvalue weighted by Gasteiger charge is 2.13. The molecule has 20 heavy (non-hydrogen) atoms. The topological polar surface area (TPSA) is 46.5 Å². The molecule has 1 aliphatic rings. The highest BCUT2D eigenvalue weighted by molar-refractivity contribution is 5.72. The molecule has 1 N–H and O–H groups in total. The van der Waals surface area contributed by atoms with Crippen LogP contribution in [0.2, 0.25) is 0 Å². The van der Waals surface area contributed by atoms with Crippen molar-refractivity contribution < 1.29 is 14.6 Å². The lowest BCUT2D eigenvalue weighted by Crippen LogP contribution is -2.18. The lowest BCUT2D eigenvalue weighted by Gasteiger charge is -2.15. The Bertz CT molecular complexity index is 476. The molecular weight excluding hydrogens is 252 g/mol. The minimum absolute atomic E-state index is 0.185. The summed E-state index contributed by atoms with van der Waals surface area (Å²) >= 11 is 0. The summed E-state index contributed by atoms with van der Waals surface area (Å²) in [5, 5.41) is 9.88. The SMILES string of the molecule is O=C1CC=CC(C/C=C/C(O)CCc2ccccc2)O1. The summed E-state index contributed by atoms with van der Waals surface area (Å²) in [6.07, 6.45) is 9.25. The fourth-order valence-corrected chi connectivity index (χ4v) is 2.12. The molecule has 106 valence electrons. The van der Waals surface area contributed by atoms with Gasteiger partial charge in [0.15, 0.2) is 0 Å². The molecule has 2 rings (SSSR count). The quantitative estimate of drug-likeness (QED) is 0.640. The van der Waals surface area contributed by atoms with Crippen molar-refractivity contribution in [3.63, 3.8) is 0 Å². The van der Waals surface area contributed by atoms with E-state index in [1.54, 1.807) is 6.08 Å². The molecule has 1 aromatic carbocycles. The molecule has 1 aliphatic heterocycles. The van der Waals surface area contributed by atoms with Crippen molar-refractivity contribution in [2.75, 3.05) is 0 Å². The lowest BCUT2D eigenvalue weighted by atomic mass is 10.1. The summed E-state index contributed by atoms with van der Waals surface area (Å²) in [6.45, 7) is 0. The number of aliphatic hydroxyl groups excluding tert-OH is 1. The second kappa shape index (κ2) is 7.65. The Balaban J connectivity index is 1.70. The van der Waals surface area contributed by atoms with Crippen molar-refractivity contribution in [3.05, 3.63) is 60.2 Å². The molecule has 0 bridgehead atoms. The largest absolute Gasteiger partial charge is 0.458 e. The molecule has 0 saturated heterocycles. The zero-order valence-corrected chi connectivity index (χ0v) is 11.4. The van der Waals surface area contributed by atoms with Gasteiger partial charge in [-0.25, -0.2) is 0 Å². The number of cyclic esters (lactones) is 1. The van der Waals surface area contributed by atoms with Crippen LogP contribution in [0.5, 0.6) is 0 Å². The monoisotopic (exact) mass is 272 g/mol. The minimum atomic E-state index is -0.460. The van der Waals surface area contributed by atoms with Crippen LogP contribution in [0.25, 0.3) is 0 Å². The van der Waals surface area contributed by atoms with Crippen molar-refractivity contribution in [1.82, 2.24) is 0 Å². The average molecular weight is 272 g/mol. The van der Waals surface area contributed by atoms with Crippen LogP contribution in [-0.2, 0) is 16.0 Å². The molecule has 0 fully saturated rings. The second-order valence-electron chi connectivity index (χ2n) is 4.92. The summed E-state index contributed by atoms with van der Waals surface area (Å²) < 4.78 is 5.14. The Morgan fingerprint density at radius 1 is 1.35 bits per heavy atom. The van der Waals surface area contributed by atoms with Gasteiger partial charge < -0.3 is 9.84 Å². The average Bonchev–Trinajstić information content (AvgIpc) is 2.46. The summed E-state index contributed by atoms with van der Waals surface area (Å²) in [7, 11) is 0. The molecule has 0 saturated carbocycles. The Morgan fingerprint density at radius 3 is 2.90 bits per heavy atom. The Morgan fingerprint density at radius 2 is 2.15 bits per heavy atom. The molecule has 0 spiro atoms. The van der Waals surface area contributed by atoms with E-state index in [-0.39, 0.29) is 12.1 Å². The maximum atomic E-state index is 11.1. The number of benzene rings is 1. The first-order valence-corrected chi connectivity index (χ1v) is 6.99. The Kier molecular flexibility index (Phi) is 5.56. The number of ether oxygens (including phenoxy) is 1. The summed E-state index contributed by atoms with van der Waals surface area (Å²) in [5.41, 5.74) is 1.23. The smallest absolute Gasteiger partial charge is 0.310 e. The van der Waals surface area contributed by atoms with Gasteiger partial charge in [-0.15, -0.1) is 0 Å². The van der Waals surface area contributed by atoms with E-state index in [2.05, 4.69) is 12.1 Å². The third-order valence-electron chi connectivity index (χ3n) is 3.22. The van der Waals surface area contributed by atoms with Crippen molar-refractivity contribution in [1.29, 1.82) is 0 Å². The number of carbonyl (C=O) groups is 1. The third kappa shape index (κ3) is 5.02. The highest BCUT2D eigenvalue weighted by atomic mass is 16.5. The van der Waals surface area contributed by atoms with E-state index in [0.717, 1.165) is 6.42 Å². The predicted molar refractivity (Wildman–Crippen MR) is 78.2 cm³/mol. The molecule has 3 heteroatoms. The molecule has 3 nitrogen and oxygen atoms in total. The number of aliphatic hydroxyl groups is 1. The van der Waals surface area contributed by atoms with Gasteiger partial charge >= 0.3 is 5.97 Å². The number of aryl methyl sites for hydroxylation is 1. The second-order valence-corrected chi connectivity index (χ2v) is 4.92. The van der Waals surface area contributed by atoms with Gasteiger partial charge in [-0.05, 0) is 24.5 Å². The maximum absolute atomic E-state index is 11.1. The van der Waals surface area contributed by atoms with Crippen LogP contribution >= 0.6 is 0 Å². The molecule has 0 radical (unpaired) electrons. The first-order valence-electron chi connectivity index (χ1n) is 6.99. The van der Waals surface area contributed by atoms with Gasteiger partial charge in [0.05, 0.1) is 12.5 Å². The zero-order valence-electron chi connectivity index (χ0n) is 11.4. The zero-order chi connectivity index (χ0) is 14.2. The van der Waals surface area contributed by atoms with Gasteiger partial charge in [0.2, 0.25) is 0 Å². The van der Waals surface area contributed by atoms with Crippen LogP contribution in [0.4, 0.5) is 0 Å². The van der Waals surface area contributed by atoms with E-state index in [9.17, 15) is 9.90 Å². The third-order valence-corrected chi connectivity index (χ3v) is 3.22. The van der Waals surface area contributed by atoms with E-state index < -0.39 is 6.10 Å². The first-order chi connectivity index (χ1) is 9.74. The van der Waals surface area contributed by atoms with Crippen LogP contribution in [0, 0.1) is 0 Å². The van der Waals surface area contributed by atoms with Crippen molar-refractivity contribution in [2.45, 2.75) is 37.9 Å². The number of carbonyl (C=O) groups excluding carboxylic acids is 1. The van der Waals surface area contributed by atoms with Gasteiger partial charge in [-0.3, -0.25) is 4.79 Å². The minimum Gasteiger partial charge on any atom is -0.458 e. The van der Waals surface area contributed by atoms with E-state index in [1.165, 1.54) is 5.56 Å². The van der Waals surface area contributed by atoms with E-state index in [0.29, 0.717) is 19.3 Å². The molecule has 0 aromatic heterocycles. The molecule has 2 atom stereocenters. The van der Waals surface area contributed by atoms with Crippen LogP contribution in [0.3, 0.4) is 0 Å². The van der Waals surface area contributed by atoms with Crippen LogP contribution in [0.1, 0.15) is 24.8 Å². The predicted octanol–water partition coefficient (Wildman–Crippen LogP) is 2.80. The van der Waals surface area contributed by atoms with Gasteiger partial charge in [0.25, 0.3) is 0 Å². The van der Waals surface area contributed by atoms with Crippen LogP contribution in [0.15, 0.2) is 54.6 Å². The summed E-state index contributed by atoms with van der Waals surface area (Å²) in [4.78, 5) is 11.1. The fourth-order valence-electron chi connectivity index (χ4n) is 2.12. The number of hydrogen-bond donors (Lipinski definition) is 1. The van der Waals surface area contributed by atoms with Crippen molar-refractivity contribution >= 4 is 5.97 Å². The summed E-state index contributed by atoms with van der Waals surface area (Å²) in [5.74, 6) is -0.185. The van der Waals surface area contributed by atoms with Crippen molar-refractivity contribution in [2.24, 2.45) is 0 Å². The molecule has 2 unspecified atom stereocenters. The van der Waals surface area contributed by atoms with E-state index in [1.807, 2.05) is 36.4 Å². The molecule has 1 heterocycles. The van der Waals surface area contributed by atoms with Gasteiger partial charge in [-0.2, -0.15) is 0 Å². The first kappa shape index (κ1) is 14.5. The highest BCUT2D eigenvalue weighted by Crippen LogP contribution is 2.11. The Labute approximate surface area is 119 Å². The maximum Gasteiger partial charge on any atom is 0.310 e. The van der Waals surface area contributed by atoms with Crippen LogP contribution < -0.4 is 0 Å². The summed E-state index contributed by atoms with van der Waals surface area (Å²) in [6, 6.07) is 10.1. The molecule has 0 amide bonds. The van der Waals surface area contributed by atoms with Gasteiger partial charge in [-0.1, -0.05) is 48.6 Å². The molecule has 1 aromatic rings. The van der Waals surface area contributed by atoms with Gasteiger partial charge in [0, 0.05) is 6.42 Å². The van der Waals surface area contributed by atoms with Gasteiger partial charge in [0.1, 0.15) is 6.10 Å².